The fraction of sp³-hybridized carbons (Fsp3) is 0.167. The molecule has 1 heterocycles. The van der Waals surface area contributed by atoms with Crippen molar-refractivity contribution in [2.45, 2.75) is 17.9 Å². The Hall–Kier alpha value is -1.37. The van der Waals surface area contributed by atoms with Gasteiger partial charge in [-0.15, -0.1) is 0 Å². The number of furan rings is 1. The average Bonchev–Trinajstić information content (AvgIpc) is 2.80. The molecule has 0 aliphatic carbocycles. The Morgan fingerprint density at radius 2 is 2.11 bits per heavy atom. The molecule has 1 aromatic heterocycles. The summed E-state index contributed by atoms with van der Waals surface area (Å²) in [6.07, 6.45) is 1.43. The van der Waals surface area contributed by atoms with Crippen LogP contribution in [0.4, 0.5) is 4.39 Å². The Bertz CT molecular complexity index is 670. The van der Waals surface area contributed by atoms with Gasteiger partial charge in [0.15, 0.2) is 0 Å². The summed E-state index contributed by atoms with van der Waals surface area (Å²) in [4.78, 5) is -0.449. The van der Waals surface area contributed by atoms with Crippen LogP contribution in [0, 0.1) is 5.82 Å². The quantitative estimate of drug-likeness (QED) is 0.944. The predicted octanol–water partition coefficient (Wildman–Crippen LogP) is 3.11. The normalized spacial score (nSPS) is 13.4. The highest BCUT2D eigenvalue weighted by Gasteiger charge is 2.23. The minimum Gasteiger partial charge on any atom is -0.468 e. The third kappa shape index (κ3) is 3.15. The van der Waals surface area contributed by atoms with E-state index in [9.17, 15) is 12.8 Å². The van der Waals surface area contributed by atoms with Crippen molar-refractivity contribution < 1.29 is 17.2 Å². The molecule has 1 atom stereocenters. The monoisotopic (exact) mass is 303 g/mol. The van der Waals surface area contributed by atoms with Gasteiger partial charge in [-0.2, -0.15) is 0 Å². The van der Waals surface area contributed by atoms with E-state index in [-0.39, 0.29) is 5.02 Å². The topological polar surface area (TPSA) is 59.3 Å². The molecular formula is C12H11ClFNO3S. The third-order valence-electron chi connectivity index (χ3n) is 2.49. The maximum atomic E-state index is 13.6. The SMILES string of the molecule is C[C@@H](NS(=O)(=O)c1ccc(Cl)cc1F)c1ccco1. The van der Waals surface area contributed by atoms with E-state index in [4.69, 9.17) is 16.0 Å². The zero-order valence-corrected chi connectivity index (χ0v) is 11.5. The Morgan fingerprint density at radius 1 is 1.37 bits per heavy atom. The first-order valence-electron chi connectivity index (χ1n) is 5.41. The van der Waals surface area contributed by atoms with Crippen molar-refractivity contribution in [2.75, 3.05) is 0 Å². The smallest absolute Gasteiger partial charge is 0.244 e. The molecule has 102 valence electrons. The second-order valence-electron chi connectivity index (χ2n) is 3.93. The lowest BCUT2D eigenvalue weighted by molar-refractivity contribution is 0.458. The summed E-state index contributed by atoms with van der Waals surface area (Å²) in [5, 5.41) is 0.135. The maximum absolute atomic E-state index is 13.6. The van der Waals surface area contributed by atoms with Crippen molar-refractivity contribution in [3.05, 3.63) is 53.2 Å². The molecule has 0 aliphatic rings. The largest absolute Gasteiger partial charge is 0.468 e. The first kappa shape index (κ1) is 14.0. The molecule has 1 aromatic carbocycles. The summed E-state index contributed by atoms with van der Waals surface area (Å²) < 4.78 is 45.1. The molecule has 1 N–H and O–H groups in total. The zero-order valence-electron chi connectivity index (χ0n) is 9.93. The van der Waals surface area contributed by atoms with Gasteiger partial charge < -0.3 is 4.42 Å². The summed E-state index contributed by atoms with van der Waals surface area (Å²) in [5.41, 5.74) is 0. The van der Waals surface area contributed by atoms with Gasteiger partial charge in [0.25, 0.3) is 0 Å². The zero-order chi connectivity index (χ0) is 14.0. The van der Waals surface area contributed by atoms with Gasteiger partial charge in [0.1, 0.15) is 16.5 Å². The summed E-state index contributed by atoms with van der Waals surface area (Å²) in [5.74, 6) is -0.454. The first-order chi connectivity index (χ1) is 8.90. The van der Waals surface area contributed by atoms with Crippen molar-refractivity contribution >= 4 is 21.6 Å². The fourth-order valence-corrected chi connectivity index (χ4v) is 3.02. The summed E-state index contributed by atoms with van der Waals surface area (Å²) in [6, 6.07) is 6.06. The van der Waals surface area contributed by atoms with Gasteiger partial charge in [0, 0.05) is 5.02 Å². The molecule has 2 rings (SSSR count). The lowest BCUT2D eigenvalue weighted by Gasteiger charge is -2.12. The van der Waals surface area contributed by atoms with E-state index in [0.717, 1.165) is 12.1 Å². The lowest BCUT2D eigenvalue weighted by Crippen LogP contribution is -2.27. The van der Waals surface area contributed by atoms with Gasteiger partial charge in [0.05, 0.1) is 12.3 Å². The molecule has 0 saturated heterocycles. The Labute approximate surface area is 115 Å². The van der Waals surface area contributed by atoms with Gasteiger partial charge >= 0.3 is 0 Å². The summed E-state index contributed by atoms with van der Waals surface area (Å²) >= 11 is 5.58. The van der Waals surface area contributed by atoms with Crippen LogP contribution in [0.25, 0.3) is 0 Å². The van der Waals surface area contributed by atoms with Gasteiger partial charge in [-0.1, -0.05) is 11.6 Å². The van der Waals surface area contributed by atoms with E-state index in [0.29, 0.717) is 5.76 Å². The van der Waals surface area contributed by atoms with Gasteiger partial charge in [-0.05, 0) is 37.3 Å². The highest BCUT2D eigenvalue weighted by atomic mass is 35.5. The molecule has 0 saturated carbocycles. The molecule has 0 bridgehead atoms. The predicted molar refractivity (Wildman–Crippen MR) is 68.9 cm³/mol. The first-order valence-corrected chi connectivity index (χ1v) is 7.27. The second kappa shape index (κ2) is 5.32. The molecule has 2 aromatic rings. The van der Waals surface area contributed by atoms with Gasteiger partial charge in [0.2, 0.25) is 10.0 Å². The Morgan fingerprint density at radius 3 is 2.68 bits per heavy atom. The minimum absolute atomic E-state index is 0.135. The van der Waals surface area contributed by atoms with Crippen LogP contribution in [0.15, 0.2) is 45.9 Å². The molecule has 0 amide bonds. The molecular weight excluding hydrogens is 293 g/mol. The molecule has 19 heavy (non-hydrogen) atoms. The standard InChI is InChI=1S/C12H11ClFNO3S/c1-8(11-3-2-6-18-11)15-19(16,17)12-5-4-9(13)7-10(12)14/h2-8,15H,1H3/t8-/m1/s1. The number of nitrogens with one attached hydrogen (secondary N) is 1. The van der Waals surface area contributed by atoms with E-state index in [1.165, 1.54) is 12.3 Å². The third-order valence-corrected chi connectivity index (χ3v) is 4.29. The molecule has 0 fully saturated rings. The van der Waals surface area contributed by atoms with Crippen molar-refractivity contribution in [1.82, 2.24) is 4.72 Å². The van der Waals surface area contributed by atoms with Crippen LogP contribution in [-0.4, -0.2) is 8.42 Å². The lowest BCUT2D eigenvalue weighted by atomic mass is 10.3. The van der Waals surface area contributed by atoms with Crippen LogP contribution < -0.4 is 4.72 Å². The number of rotatable bonds is 4. The van der Waals surface area contributed by atoms with Gasteiger partial charge in [-0.25, -0.2) is 17.5 Å². The number of benzene rings is 1. The number of halogens is 2. The Balaban J connectivity index is 2.28. The summed E-state index contributed by atoms with van der Waals surface area (Å²) in [6.45, 7) is 1.60. The van der Waals surface area contributed by atoms with Crippen LogP contribution in [0.2, 0.25) is 5.02 Å². The molecule has 0 radical (unpaired) electrons. The number of hydrogen-bond donors (Lipinski definition) is 1. The molecule has 4 nitrogen and oxygen atoms in total. The van der Waals surface area contributed by atoms with E-state index in [1.54, 1.807) is 19.1 Å². The van der Waals surface area contributed by atoms with E-state index >= 15 is 0 Å². The van der Waals surface area contributed by atoms with Crippen molar-refractivity contribution in [3.8, 4) is 0 Å². The van der Waals surface area contributed by atoms with Crippen molar-refractivity contribution in [1.29, 1.82) is 0 Å². The second-order valence-corrected chi connectivity index (χ2v) is 6.05. The van der Waals surface area contributed by atoms with Crippen LogP contribution in [0.1, 0.15) is 18.7 Å². The van der Waals surface area contributed by atoms with E-state index in [2.05, 4.69) is 4.72 Å². The maximum Gasteiger partial charge on any atom is 0.244 e. The molecule has 0 aliphatic heterocycles. The highest BCUT2D eigenvalue weighted by molar-refractivity contribution is 7.89. The Kier molecular flexibility index (Phi) is 3.93. The fourth-order valence-electron chi connectivity index (χ4n) is 1.59. The van der Waals surface area contributed by atoms with E-state index < -0.39 is 26.8 Å². The van der Waals surface area contributed by atoms with Gasteiger partial charge in [-0.3, -0.25) is 0 Å². The average molecular weight is 304 g/mol. The molecule has 0 spiro atoms. The van der Waals surface area contributed by atoms with Crippen molar-refractivity contribution in [3.63, 3.8) is 0 Å². The highest BCUT2D eigenvalue weighted by Crippen LogP contribution is 2.21. The molecule has 0 unspecified atom stereocenters. The van der Waals surface area contributed by atoms with Crippen molar-refractivity contribution in [2.24, 2.45) is 0 Å². The summed E-state index contributed by atoms with van der Waals surface area (Å²) in [7, 11) is -3.98. The van der Waals surface area contributed by atoms with Crippen LogP contribution in [0.5, 0.6) is 0 Å². The van der Waals surface area contributed by atoms with E-state index in [1.807, 2.05) is 0 Å². The number of sulfonamides is 1. The van der Waals surface area contributed by atoms with Crippen LogP contribution >= 0.6 is 11.6 Å². The minimum atomic E-state index is -3.98. The van der Waals surface area contributed by atoms with Crippen LogP contribution in [0.3, 0.4) is 0 Å². The number of hydrogen-bond acceptors (Lipinski definition) is 3. The van der Waals surface area contributed by atoms with Crippen LogP contribution in [-0.2, 0) is 10.0 Å². The molecule has 7 heteroatoms.